The summed E-state index contributed by atoms with van der Waals surface area (Å²) in [6.07, 6.45) is -0.164. The number of carbonyl (C=O) groups is 2. The van der Waals surface area contributed by atoms with Crippen LogP contribution in [-0.2, 0) is 11.2 Å². The lowest BCUT2D eigenvalue weighted by Crippen LogP contribution is -2.34. The lowest BCUT2D eigenvalue weighted by Gasteiger charge is -2.20. The first-order valence-electron chi connectivity index (χ1n) is 11.0. The number of nitrogens with one attached hydrogen (secondary N) is 2. The van der Waals surface area contributed by atoms with Crippen molar-refractivity contribution < 1.29 is 18.7 Å². The van der Waals surface area contributed by atoms with Crippen LogP contribution in [0.4, 0.5) is 9.18 Å². The van der Waals surface area contributed by atoms with E-state index < -0.39 is 17.5 Å². The maximum absolute atomic E-state index is 14.2. The molecule has 0 aliphatic heterocycles. The number of amides is 2. The molecule has 2 amide bonds. The fourth-order valence-electron chi connectivity index (χ4n) is 3.55. The maximum Gasteiger partial charge on any atom is 0.407 e. The lowest BCUT2D eigenvalue weighted by molar-refractivity contribution is 0.0528. The van der Waals surface area contributed by atoms with Crippen LogP contribution in [0.1, 0.15) is 50.7 Å². The minimum Gasteiger partial charge on any atom is -0.444 e. The van der Waals surface area contributed by atoms with Crippen molar-refractivity contribution in [1.29, 1.82) is 0 Å². The first-order chi connectivity index (χ1) is 15.5. The molecule has 2 aromatic carbocycles. The van der Waals surface area contributed by atoms with Crippen LogP contribution >= 0.6 is 0 Å². The number of benzene rings is 2. The number of carbonyl (C=O) groups excluding carboxylic acids is 2. The zero-order valence-corrected chi connectivity index (χ0v) is 19.7. The summed E-state index contributed by atoms with van der Waals surface area (Å²) in [7, 11) is 0. The van der Waals surface area contributed by atoms with E-state index in [9.17, 15) is 14.0 Å². The summed E-state index contributed by atoms with van der Waals surface area (Å²) in [5.74, 6) is -0.746. The Morgan fingerprint density at radius 2 is 1.79 bits per heavy atom. The first kappa shape index (κ1) is 24.2. The van der Waals surface area contributed by atoms with Crippen LogP contribution in [0, 0.1) is 5.82 Å². The van der Waals surface area contributed by atoms with Gasteiger partial charge in [0.2, 0.25) is 0 Å². The van der Waals surface area contributed by atoms with Crippen molar-refractivity contribution in [3.05, 3.63) is 65.6 Å². The van der Waals surface area contributed by atoms with E-state index >= 15 is 0 Å². The third-order valence-corrected chi connectivity index (χ3v) is 4.76. The molecule has 0 saturated carbocycles. The van der Waals surface area contributed by atoms with Gasteiger partial charge in [-0.05, 0) is 58.4 Å². The number of halogens is 1. The number of ether oxygens (including phenoxy) is 1. The molecule has 7 heteroatoms. The molecule has 2 N–H and O–H groups in total. The Morgan fingerprint density at radius 1 is 1.09 bits per heavy atom. The Labute approximate surface area is 193 Å². The second kappa shape index (κ2) is 9.98. The molecule has 0 spiro atoms. The molecule has 1 heterocycles. The van der Waals surface area contributed by atoms with E-state index in [4.69, 9.17) is 9.72 Å². The van der Waals surface area contributed by atoms with Gasteiger partial charge in [-0.2, -0.15) is 0 Å². The van der Waals surface area contributed by atoms with E-state index in [1.807, 2.05) is 44.2 Å². The van der Waals surface area contributed by atoms with Gasteiger partial charge in [-0.15, -0.1) is 0 Å². The molecule has 0 atom stereocenters. The number of alkyl carbamates (subject to hydrolysis) is 1. The van der Waals surface area contributed by atoms with Gasteiger partial charge < -0.3 is 15.4 Å². The minimum atomic E-state index is -0.605. The maximum atomic E-state index is 14.2. The number of hydrogen-bond acceptors (Lipinski definition) is 4. The molecule has 0 aliphatic carbocycles. The Bertz CT molecular complexity index is 1150. The van der Waals surface area contributed by atoms with Crippen LogP contribution in [0.15, 0.2) is 48.5 Å². The molecule has 0 aliphatic rings. The minimum absolute atomic E-state index is 0.102. The average molecular weight is 452 g/mol. The van der Waals surface area contributed by atoms with Crippen LogP contribution in [0.2, 0.25) is 0 Å². The predicted octanol–water partition coefficient (Wildman–Crippen LogP) is 5.25. The smallest absolute Gasteiger partial charge is 0.407 e. The zero-order chi connectivity index (χ0) is 24.2. The quantitative estimate of drug-likeness (QED) is 0.537. The van der Waals surface area contributed by atoms with Crippen LogP contribution in [0.5, 0.6) is 0 Å². The van der Waals surface area contributed by atoms with Gasteiger partial charge in [-0.1, -0.05) is 30.3 Å². The Hall–Kier alpha value is -3.48. The van der Waals surface area contributed by atoms with Gasteiger partial charge in [0, 0.05) is 30.0 Å². The highest BCUT2D eigenvalue weighted by atomic mass is 19.1. The van der Waals surface area contributed by atoms with E-state index in [2.05, 4.69) is 10.6 Å². The van der Waals surface area contributed by atoms with E-state index in [0.717, 1.165) is 5.56 Å². The molecule has 0 bridgehead atoms. The highest BCUT2D eigenvalue weighted by molar-refractivity contribution is 6.12. The zero-order valence-electron chi connectivity index (χ0n) is 19.7. The second-order valence-corrected chi connectivity index (χ2v) is 9.14. The van der Waals surface area contributed by atoms with Crippen LogP contribution in [0.3, 0.4) is 0 Å². The molecule has 3 aromatic rings. The Balaban J connectivity index is 2.11. The van der Waals surface area contributed by atoms with Crippen molar-refractivity contribution in [2.75, 3.05) is 6.54 Å². The number of nitrogens with zero attached hydrogens (tertiary/aromatic N) is 1. The van der Waals surface area contributed by atoms with Gasteiger partial charge in [0.25, 0.3) is 5.91 Å². The number of fused-ring (bicyclic) bond motifs is 1. The van der Waals surface area contributed by atoms with Crippen molar-refractivity contribution in [2.45, 2.75) is 52.7 Å². The van der Waals surface area contributed by atoms with Crippen LogP contribution in [-0.4, -0.2) is 35.2 Å². The van der Waals surface area contributed by atoms with Crippen molar-refractivity contribution in [1.82, 2.24) is 15.6 Å². The fraction of sp³-hybridized carbons (Fsp3) is 0.346. The molecular weight excluding hydrogens is 421 g/mol. The van der Waals surface area contributed by atoms with Crippen molar-refractivity contribution in [2.24, 2.45) is 0 Å². The highest BCUT2D eigenvalue weighted by Crippen LogP contribution is 2.33. The fourth-order valence-corrected chi connectivity index (χ4v) is 3.55. The number of hydrogen-bond donors (Lipinski definition) is 2. The standard InChI is InChI=1S/C26H30FN3O3/c1-16(2)29-24(31)23-19-15-18(27)11-12-20(19)30-21(22(23)17-9-7-6-8-10-17)13-14-28-25(32)33-26(3,4)5/h6-12,15-16H,13-14H2,1-5H3,(H,28,32)(H,29,31). The van der Waals surface area contributed by atoms with Gasteiger partial charge in [-0.25, -0.2) is 9.18 Å². The highest BCUT2D eigenvalue weighted by Gasteiger charge is 2.23. The van der Waals surface area contributed by atoms with Crippen LogP contribution in [0.25, 0.3) is 22.0 Å². The lowest BCUT2D eigenvalue weighted by atomic mass is 9.92. The average Bonchev–Trinajstić information content (AvgIpc) is 2.71. The topological polar surface area (TPSA) is 80.3 Å². The molecule has 1 aromatic heterocycles. The largest absolute Gasteiger partial charge is 0.444 e. The van der Waals surface area contributed by atoms with E-state index in [-0.39, 0.29) is 18.5 Å². The van der Waals surface area contributed by atoms with Gasteiger partial charge in [-0.3, -0.25) is 9.78 Å². The van der Waals surface area contributed by atoms with E-state index in [1.54, 1.807) is 26.8 Å². The van der Waals surface area contributed by atoms with Crippen molar-refractivity contribution >= 4 is 22.9 Å². The molecule has 6 nitrogen and oxygen atoms in total. The summed E-state index contributed by atoms with van der Waals surface area (Å²) >= 11 is 0. The van der Waals surface area contributed by atoms with Crippen molar-refractivity contribution in [3.8, 4) is 11.1 Å². The predicted molar refractivity (Wildman–Crippen MR) is 128 cm³/mol. The van der Waals surface area contributed by atoms with E-state index in [1.165, 1.54) is 12.1 Å². The van der Waals surface area contributed by atoms with Crippen molar-refractivity contribution in [3.63, 3.8) is 0 Å². The molecule has 0 unspecified atom stereocenters. The molecule has 0 saturated heterocycles. The number of pyridine rings is 1. The number of aromatic nitrogens is 1. The first-order valence-corrected chi connectivity index (χ1v) is 11.0. The molecule has 33 heavy (non-hydrogen) atoms. The third-order valence-electron chi connectivity index (χ3n) is 4.76. The van der Waals surface area contributed by atoms with Gasteiger partial charge in [0.05, 0.1) is 16.8 Å². The SMILES string of the molecule is CC(C)NC(=O)c1c(-c2ccccc2)c(CCNC(=O)OC(C)(C)C)nc2ccc(F)cc12. The molecular formula is C26H30FN3O3. The van der Waals surface area contributed by atoms with Gasteiger partial charge in [0.15, 0.2) is 0 Å². The summed E-state index contributed by atoms with van der Waals surface area (Å²) < 4.78 is 19.5. The Morgan fingerprint density at radius 3 is 2.42 bits per heavy atom. The van der Waals surface area contributed by atoms with Crippen LogP contribution < -0.4 is 10.6 Å². The monoisotopic (exact) mass is 451 g/mol. The molecule has 0 fully saturated rings. The molecule has 0 radical (unpaired) electrons. The molecule has 3 rings (SSSR count). The summed E-state index contributed by atoms with van der Waals surface area (Å²) in [5, 5.41) is 6.11. The summed E-state index contributed by atoms with van der Waals surface area (Å²) in [6, 6.07) is 13.5. The van der Waals surface area contributed by atoms with E-state index in [0.29, 0.717) is 34.1 Å². The van der Waals surface area contributed by atoms with Gasteiger partial charge >= 0.3 is 6.09 Å². The van der Waals surface area contributed by atoms with Gasteiger partial charge in [0.1, 0.15) is 11.4 Å². The second-order valence-electron chi connectivity index (χ2n) is 9.14. The summed E-state index contributed by atoms with van der Waals surface area (Å²) in [5.41, 5.74) is 2.32. The normalized spacial score (nSPS) is 11.5. The Kier molecular flexibility index (Phi) is 7.31. The molecule has 174 valence electrons. The summed E-state index contributed by atoms with van der Waals surface area (Å²) in [6.45, 7) is 9.39. The summed E-state index contributed by atoms with van der Waals surface area (Å²) in [4.78, 5) is 30.2. The number of rotatable bonds is 6. The third kappa shape index (κ3) is 6.28.